The van der Waals surface area contributed by atoms with Gasteiger partial charge >= 0.3 is 0 Å². The van der Waals surface area contributed by atoms with E-state index in [0.29, 0.717) is 23.1 Å². The zero-order valence-electron chi connectivity index (χ0n) is 10.5. The lowest BCUT2D eigenvalue weighted by Crippen LogP contribution is -2.25. The fourth-order valence-electron chi connectivity index (χ4n) is 2.71. The third-order valence-corrected chi connectivity index (χ3v) is 3.49. The number of carbonyl (C=O) groups is 2. The van der Waals surface area contributed by atoms with Crippen LogP contribution in [0.2, 0.25) is 0 Å². The highest BCUT2D eigenvalue weighted by molar-refractivity contribution is 6.08. The van der Waals surface area contributed by atoms with Crippen molar-refractivity contribution in [1.29, 1.82) is 0 Å². The van der Waals surface area contributed by atoms with Crippen LogP contribution in [0.1, 0.15) is 51.3 Å². The summed E-state index contributed by atoms with van der Waals surface area (Å²) in [7, 11) is 0. The van der Waals surface area contributed by atoms with Gasteiger partial charge in [-0.2, -0.15) is 0 Å². The minimum absolute atomic E-state index is 0.0347. The molecule has 0 amide bonds. The summed E-state index contributed by atoms with van der Waals surface area (Å²) in [6, 6.07) is 1.75. The normalized spacial score (nSPS) is 17.1. The second-order valence-electron chi connectivity index (χ2n) is 5.42. The van der Waals surface area contributed by atoms with Crippen molar-refractivity contribution in [2.24, 2.45) is 5.41 Å². The fraction of sp³-hybridized carbons (Fsp3) is 0.429. The van der Waals surface area contributed by atoms with Crippen LogP contribution in [0.3, 0.4) is 0 Å². The summed E-state index contributed by atoms with van der Waals surface area (Å²) >= 11 is 0. The largest absolute Gasteiger partial charge is 0.545 e. The maximum absolute atomic E-state index is 12.2. The molecule has 0 saturated heterocycles. The molecule has 0 spiro atoms. The van der Waals surface area contributed by atoms with Gasteiger partial charge in [-0.05, 0) is 37.0 Å². The lowest BCUT2D eigenvalue weighted by molar-refractivity contribution is -0.255. The molecule has 1 aromatic rings. The topological polar surface area (TPSA) is 57.2 Å². The van der Waals surface area contributed by atoms with Crippen molar-refractivity contribution in [3.8, 4) is 0 Å². The average molecular weight is 231 g/mol. The molecule has 3 nitrogen and oxygen atoms in total. The van der Waals surface area contributed by atoms with Crippen molar-refractivity contribution in [2.75, 3.05) is 0 Å². The molecule has 0 aromatic heterocycles. The van der Waals surface area contributed by atoms with Gasteiger partial charge in [0.15, 0.2) is 5.78 Å². The number of carbonyl (C=O) groups excluding carboxylic acids is 2. The molecule has 90 valence electrons. The second kappa shape index (κ2) is 3.42. The Morgan fingerprint density at radius 1 is 1.29 bits per heavy atom. The molecular formula is C14H15O3-. The van der Waals surface area contributed by atoms with Gasteiger partial charge in [0.1, 0.15) is 0 Å². The van der Waals surface area contributed by atoms with Crippen molar-refractivity contribution >= 4 is 11.8 Å². The monoisotopic (exact) mass is 231 g/mol. The molecule has 0 N–H and O–H groups in total. The SMILES string of the molecule is Cc1cc(C)c2c(c1C(=O)[O-])CC(C)(C)C2=O. The summed E-state index contributed by atoms with van der Waals surface area (Å²) in [6.45, 7) is 7.30. The lowest BCUT2D eigenvalue weighted by atomic mass is 9.88. The lowest BCUT2D eigenvalue weighted by Gasteiger charge is -2.15. The van der Waals surface area contributed by atoms with E-state index in [1.165, 1.54) is 0 Å². The average Bonchev–Trinajstić information content (AvgIpc) is 2.36. The standard InChI is InChI=1S/C14H16O3/c1-7-5-8(2)11(13(16)17)9-6-14(3,4)12(15)10(7)9/h5H,6H2,1-4H3,(H,16,17)/p-1. The van der Waals surface area contributed by atoms with Crippen molar-refractivity contribution in [3.05, 3.63) is 33.9 Å². The van der Waals surface area contributed by atoms with E-state index in [1.807, 2.05) is 20.8 Å². The number of Topliss-reactive ketones (excluding diaryl/α,β-unsaturated/α-hetero) is 1. The maximum Gasteiger partial charge on any atom is 0.169 e. The molecule has 3 heteroatoms. The highest BCUT2D eigenvalue weighted by atomic mass is 16.4. The molecule has 0 saturated carbocycles. The van der Waals surface area contributed by atoms with E-state index in [0.717, 1.165) is 5.56 Å². The molecule has 2 rings (SSSR count). The number of benzene rings is 1. The van der Waals surface area contributed by atoms with Crippen LogP contribution < -0.4 is 5.11 Å². The molecular weight excluding hydrogens is 216 g/mol. The third-order valence-electron chi connectivity index (χ3n) is 3.49. The number of ketones is 1. The van der Waals surface area contributed by atoms with Crippen LogP contribution in [0.15, 0.2) is 6.07 Å². The predicted molar refractivity (Wildman–Crippen MR) is 62.1 cm³/mol. The third kappa shape index (κ3) is 1.57. The Morgan fingerprint density at radius 2 is 1.88 bits per heavy atom. The zero-order valence-corrected chi connectivity index (χ0v) is 10.5. The number of hydrogen-bond donors (Lipinski definition) is 0. The Bertz CT molecular complexity index is 539. The molecule has 0 radical (unpaired) electrons. The van der Waals surface area contributed by atoms with E-state index in [4.69, 9.17) is 0 Å². The van der Waals surface area contributed by atoms with Crippen LogP contribution in [0.4, 0.5) is 0 Å². The van der Waals surface area contributed by atoms with E-state index < -0.39 is 11.4 Å². The first kappa shape index (κ1) is 11.8. The van der Waals surface area contributed by atoms with Crippen molar-refractivity contribution in [2.45, 2.75) is 34.1 Å². The van der Waals surface area contributed by atoms with Gasteiger partial charge in [-0.15, -0.1) is 0 Å². The second-order valence-corrected chi connectivity index (χ2v) is 5.42. The summed E-state index contributed by atoms with van der Waals surface area (Å²) in [5.41, 5.74) is 2.46. The van der Waals surface area contributed by atoms with E-state index in [-0.39, 0.29) is 11.3 Å². The van der Waals surface area contributed by atoms with Crippen LogP contribution >= 0.6 is 0 Å². The number of aromatic carboxylic acids is 1. The number of hydrogen-bond acceptors (Lipinski definition) is 3. The van der Waals surface area contributed by atoms with Crippen LogP contribution in [0.5, 0.6) is 0 Å². The summed E-state index contributed by atoms with van der Waals surface area (Å²) in [5, 5.41) is 11.2. The quantitative estimate of drug-likeness (QED) is 0.734. The molecule has 0 bridgehead atoms. The van der Waals surface area contributed by atoms with Gasteiger partial charge in [-0.25, -0.2) is 0 Å². The smallest absolute Gasteiger partial charge is 0.169 e. The van der Waals surface area contributed by atoms with Gasteiger partial charge in [-0.1, -0.05) is 19.9 Å². The summed E-state index contributed by atoms with van der Waals surface area (Å²) < 4.78 is 0. The van der Waals surface area contributed by atoms with Gasteiger partial charge < -0.3 is 9.90 Å². The Balaban J connectivity index is 2.80. The first-order valence-electron chi connectivity index (χ1n) is 5.65. The zero-order chi connectivity index (χ0) is 13.0. The van der Waals surface area contributed by atoms with E-state index >= 15 is 0 Å². The Morgan fingerprint density at radius 3 is 2.41 bits per heavy atom. The predicted octanol–water partition coefficient (Wildman–Crippen LogP) is 1.43. The molecule has 1 aliphatic carbocycles. The van der Waals surface area contributed by atoms with Crippen molar-refractivity contribution < 1.29 is 14.7 Å². The van der Waals surface area contributed by atoms with Gasteiger partial charge in [0.05, 0.1) is 5.97 Å². The Kier molecular flexibility index (Phi) is 2.38. The summed E-state index contributed by atoms with van der Waals surface area (Å²) in [6.07, 6.45) is 0.479. The minimum Gasteiger partial charge on any atom is -0.545 e. The van der Waals surface area contributed by atoms with Crippen LogP contribution in [0.25, 0.3) is 0 Å². The summed E-state index contributed by atoms with van der Waals surface area (Å²) in [5.74, 6) is -1.16. The first-order chi connectivity index (χ1) is 7.75. The fourth-order valence-corrected chi connectivity index (χ4v) is 2.71. The highest BCUT2D eigenvalue weighted by Crippen LogP contribution is 2.40. The minimum atomic E-state index is -1.19. The highest BCUT2D eigenvalue weighted by Gasteiger charge is 2.40. The van der Waals surface area contributed by atoms with Gasteiger partial charge in [0.25, 0.3) is 0 Å². The van der Waals surface area contributed by atoms with Gasteiger partial charge in [-0.3, -0.25) is 4.79 Å². The maximum atomic E-state index is 12.2. The molecule has 0 heterocycles. The molecule has 0 aliphatic heterocycles. The Hall–Kier alpha value is -1.64. The van der Waals surface area contributed by atoms with Crippen LogP contribution in [0, 0.1) is 19.3 Å². The molecule has 0 atom stereocenters. The molecule has 0 fully saturated rings. The number of carboxylic acid groups (broad SMARTS) is 1. The Labute approximate surface area is 100 Å². The van der Waals surface area contributed by atoms with E-state index in [1.54, 1.807) is 13.0 Å². The van der Waals surface area contributed by atoms with Gasteiger partial charge in [0, 0.05) is 16.5 Å². The number of carboxylic acids is 1. The first-order valence-corrected chi connectivity index (χ1v) is 5.65. The molecule has 1 aromatic carbocycles. The van der Waals surface area contributed by atoms with E-state index in [9.17, 15) is 14.7 Å². The number of fused-ring (bicyclic) bond motifs is 1. The van der Waals surface area contributed by atoms with Gasteiger partial charge in [0.2, 0.25) is 0 Å². The summed E-state index contributed by atoms with van der Waals surface area (Å²) in [4.78, 5) is 23.4. The van der Waals surface area contributed by atoms with Crippen LogP contribution in [-0.2, 0) is 6.42 Å². The van der Waals surface area contributed by atoms with E-state index in [2.05, 4.69) is 0 Å². The molecule has 1 aliphatic rings. The van der Waals surface area contributed by atoms with Crippen molar-refractivity contribution in [1.82, 2.24) is 0 Å². The number of aryl methyl sites for hydroxylation is 2. The molecule has 17 heavy (non-hydrogen) atoms. The van der Waals surface area contributed by atoms with Crippen molar-refractivity contribution in [3.63, 3.8) is 0 Å². The number of rotatable bonds is 1. The molecule has 0 unspecified atom stereocenters. The van der Waals surface area contributed by atoms with Crippen LogP contribution in [-0.4, -0.2) is 11.8 Å².